The Balaban J connectivity index is 2.02. The van der Waals surface area contributed by atoms with Crippen LogP contribution in [0.15, 0.2) is 23.1 Å². The zero-order valence-corrected chi connectivity index (χ0v) is 13.7. The van der Waals surface area contributed by atoms with Crippen LogP contribution >= 0.6 is 11.8 Å². The fourth-order valence-corrected chi connectivity index (χ4v) is 3.44. The zero-order valence-electron chi connectivity index (χ0n) is 12.9. The number of anilines is 1. The molecular formula is C16H24N2O2S. The van der Waals surface area contributed by atoms with Gasteiger partial charge < -0.3 is 15.3 Å². The molecule has 0 spiro atoms. The van der Waals surface area contributed by atoms with E-state index in [0.29, 0.717) is 17.5 Å². The van der Waals surface area contributed by atoms with Gasteiger partial charge in [-0.2, -0.15) is 0 Å². The van der Waals surface area contributed by atoms with Crippen LogP contribution in [-0.2, 0) is 0 Å². The predicted molar refractivity (Wildman–Crippen MR) is 88.5 cm³/mol. The molecule has 0 radical (unpaired) electrons. The quantitative estimate of drug-likeness (QED) is 0.790. The molecule has 1 aromatic carbocycles. The molecule has 1 aromatic rings. The van der Waals surface area contributed by atoms with E-state index in [9.17, 15) is 9.90 Å². The number of likely N-dealkylation sites (tertiary alicyclic amines) is 1. The molecule has 1 unspecified atom stereocenters. The van der Waals surface area contributed by atoms with Crippen LogP contribution < -0.4 is 5.32 Å². The second-order valence-electron chi connectivity index (χ2n) is 5.81. The van der Waals surface area contributed by atoms with Crippen LogP contribution in [0.4, 0.5) is 5.69 Å². The normalized spacial score (nSPS) is 19.1. The van der Waals surface area contributed by atoms with E-state index in [2.05, 4.69) is 24.1 Å². The van der Waals surface area contributed by atoms with E-state index in [1.54, 1.807) is 0 Å². The van der Waals surface area contributed by atoms with Crippen LogP contribution in [0.5, 0.6) is 0 Å². The van der Waals surface area contributed by atoms with Crippen LogP contribution in [0.3, 0.4) is 0 Å². The highest BCUT2D eigenvalue weighted by Crippen LogP contribution is 2.28. The summed E-state index contributed by atoms with van der Waals surface area (Å²) in [5.74, 6) is -0.273. The van der Waals surface area contributed by atoms with E-state index in [1.807, 2.05) is 24.5 Å². The van der Waals surface area contributed by atoms with Crippen molar-refractivity contribution in [2.24, 2.45) is 5.92 Å². The maximum atomic E-state index is 11.5. The highest BCUT2D eigenvalue weighted by Gasteiger charge is 2.24. The summed E-state index contributed by atoms with van der Waals surface area (Å²) in [6.45, 7) is 7.51. The Hall–Kier alpha value is -1.20. The summed E-state index contributed by atoms with van der Waals surface area (Å²) in [7, 11) is 0. The van der Waals surface area contributed by atoms with Crippen molar-refractivity contribution in [3.05, 3.63) is 23.8 Å². The number of hydrogen-bond donors (Lipinski definition) is 2. The van der Waals surface area contributed by atoms with Crippen molar-refractivity contribution in [2.45, 2.75) is 31.2 Å². The summed E-state index contributed by atoms with van der Waals surface area (Å²) in [6.07, 6.45) is 3.08. The fourth-order valence-electron chi connectivity index (χ4n) is 2.82. The maximum absolute atomic E-state index is 11.5. The van der Waals surface area contributed by atoms with Crippen molar-refractivity contribution >= 4 is 23.4 Å². The standard InChI is InChI=1S/C16H24N2O2S/c1-11(2)18-8-7-12(10-18)9-17-13-5-4-6-14(21-3)15(13)16(19)20/h4-6,11-12,17H,7-10H2,1-3H3,(H,19,20). The van der Waals surface area contributed by atoms with Gasteiger partial charge in [0, 0.05) is 29.7 Å². The van der Waals surface area contributed by atoms with E-state index < -0.39 is 5.97 Å². The molecule has 116 valence electrons. The molecule has 1 fully saturated rings. The first kappa shape index (κ1) is 16.2. The number of aromatic carboxylic acids is 1. The van der Waals surface area contributed by atoms with Crippen molar-refractivity contribution in [3.8, 4) is 0 Å². The molecule has 1 atom stereocenters. The number of rotatable bonds is 6. The monoisotopic (exact) mass is 308 g/mol. The lowest BCUT2D eigenvalue weighted by atomic mass is 10.1. The van der Waals surface area contributed by atoms with Crippen LogP contribution in [0.2, 0.25) is 0 Å². The number of nitrogens with one attached hydrogen (secondary N) is 1. The first-order valence-corrected chi connectivity index (χ1v) is 8.63. The molecule has 21 heavy (non-hydrogen) atoms. The number of thioether (sulfide) groups is 1. The Morgan fingerprint density at radius 3 is 2.86 bits per heavy atom. The van der Waals surface area contributed by atoms with Gasteiger partial charge >= 0.3 is 5.97 Å². The third kappa shape index (κ3) is 3.92. The number of hydrogen-bond acceptors (Lipinski definition) is 4. The van der Waals surface area contributed by atoms with Gasteiger partial charge in [0.2, 0.25) is 0 Å². The van der Waals surface area contributed by atoms with E-state index >= 15 is 0 Å². The Bertz CT molecular complexity index is 505. The number of carbonyl (C=O) groups is 1. The Morgan fingerprint density at radius 1 is 1.52 bits per heavy atom. The second-order valence-corrected chi connectivity index (χ2v) is 6.66. The lowest BCUT2D eigenvalue weighted by Gasteiger charge is -2.20. The third-order valence-corrected chi connectivity index (χ3v) is 4.87. The van der Waals surface area contributed by atoms with Crippen LogP contribution in [0, 0.1) is 5.92 Å². The first-order chi connectivity index (χ1) is 10.0. The molecule has 1 aliphatic rings. The number of carboxylic acids is 1. The second kappa shape index (κ2) is 7.18. The minimum Gasteiger partial charge on any atom is -0.478 e. The molecular weight excluding hydrogens is 284 g/mol. The summed E-state index contributed by atoms with van der Waals surface area (Å²) in [6, 6.07) is 6.22. The molecule has 0 saturated carbocycles. The number of benzene rings is 1. The SMILES string of the molecule is CSc1cccc(NCC2CCN(C(C)C)C2)c1C(=O)O. The van der Waals surface area contributed by atoms with E-state index in [0.717, 1.165) is 30.2 Å². The average molecular weight is 308 g/mol. The summed E-state index contributed by atoms with van der Waals surface area (Å²) in [4.78, 5) is 14.8. The highest BCUT2D eigenvalue weighted by molar-refractivity contribution is 7.98. The van der Waals surface area contributed by atoms with Crippen molar-refractivity contribution in [3.63, 3.8) is 0 Å². The van der Waals surface area contributed by atoms with Gasteiger partial charge in [0.1, 0.15) is 0 Å². The Labute approximate surface area is 130 Å². The smallest absolute Gasteiger partial charge is 0.338 e. The van der Waals surface area contributed by atoms with Crippen LogP contribution in [0.25, 0.3) is 0 Å². The van der Waals surface area contributed by atoms with Crippen molar-refractivity contribution in [1.29, 1.82) is 0 Å². The average Bonchev–Trinajstić information content (AvgIpc) is 2.93. The van der Waals surface area contributed by atoms with Crippen molar-refractivity contribution in [1.82, 2.24) is 4.90 Å². The maximum Gasteiger partial charge on any atom is 0.338 e. The van der Waals surface area contributed by atoms with Crippen molar-refractivity contribution < 1.29 is 9.90 Å². The molecule has 1 saturated heterocycles. The molecule has 4 nitrogen and oxygen atoms in total. The summed E-state index contributed by atoms with van der Waals surface area (Å²) in [5, 5.41) is 12.8. The molecule has 0 bridgehead atoms. The topological polar surface area (TPSA) is 52.6 Å². The van der Waals surface area contributed by atoms with Gasteiger partial charge in [0.05, 0.1) is 5.56 Å². The van der Waals surface area contributed by atoms with Gasteiger partial charge in [-0.05, 0) is 51.1 Å². The molecule has 5 heteroatoms. The minimum absolute atomic E-state index is 0.392. The van der Waals surface area contributed by atoms with Crippen LogP contribution in [-0.4, -0.2) is 47.9 Å². The largest absolute Gasteiger partial charge is 0.478 e. The highest BCUT2D eigenvalue weighted by atomic mass is 32.2. The molecule has 0 aromatic heterocycles. The van der Waals surface area contributed by atoms with Crippen molar-refractivity contribution in [2.75, 3.05) is 31.2 Å². The molecule has 0 amide bonds. The minimum atomic E-state index is -0.863. The van der Waals surface area contributed by atoms with Gasteiger partial charge in [-0.25, -0.2) is 4.79 Å². The van der Waals surface area contributed by atoms with E-state index in [-0.39, 0.29) is 0 Å². The van der Waals surface area contributed by atoms with E-state index in [4.69, 9.17) is 0 Å². The van der Waals surface area contributed by atoms with E-state index in [1.165, 1.54) is 18.2 Å². The Morgan fingerprint density at radius 2 is 2.29 bits per heavy atom. The van der Waals surface area contributed by atoms with Crippen LogP contribution in [0.1, 0.15) is 30.6 Å². The fraction of sp³-hybridized carbons (Fsp3) is 0.562. The van der Waals surface area contributed by atoms with Gasteiger partial charge in [-0.15, -0.1) is 11.8 Å². The summed E-state index contributed by atoms with van der Waals surface area (Å²) in [5.41, 5.74) is 1.13. The number of nitrogens with zero attached hydrogens (tertiary/aromatic N) is 1. The molecule has 2 rings (SSSR count). The molecule has 1 aliphatic heterocycles. The van der Waals surface area contributed by atoms with Gasteiger partial charge in [-0.3, -0.25) is 0 Å². The third-order valence-electron chi connectivity index (χ3n) is 4.09. The molecule has 2 N–H and O–H groups in total. The Kier molecular flexibility index (Phi) is 5.53. The lowest BCUT2D eigenvalue weighted by molar-refractivity contribution is 0.0694. The number of carboxylic acid groups (broad SMARTS) is 1. The predicted octanol–water partition coefficient (Wildman–Crippen LogP) is 3.25. The molecule has 1 heterocycles. The molecule has 0 aliphatic carbocycles. The summed E-state index contributed by atoms with van der Waals surface area (Å²) < 4.78 is 0. The lowest BCUT2D eigenvalue weighted by Crippen LogP contribution is -2.29. The first-order valence-electron chi connectivity index (χ1n) is 7.41. The van der Waals surface area contributed by atoms with Gasteiger partial charge in [0.25, 0.3) is 0 Å². The van der Waals surface area contributed by atoms with Gasteiger partial charge in [-0.1, -0.05) is 6.07 Å². The van der Waals surface area contributed by atoms with Gasteiger partial charge in [0.15, 0.2) is 0 Å². The zero-order chi connectivity index (χ0) is 15.4. The summed E-state index contributed by atoms with van der Waals surface area (Å²) >= 11 is 1.47.